The number of quaternary nitrogens is 1. The van der Waals surface area contributed by atoms with Crippen molar-refractivity contribution in [2.45, 2.75) is 207 Å². The van der Waals surface area contributed by atoms with Crippen molar-refractivity contribution in [3.8, 4) is 5.75 Å². The van der Waals surface area contributed by atoms with Crippen LogP contribution < -0.4 is 27.3 Å². The lowest BCUT2D eigenvalue weighted by Crippen LogP contribution is -3.00. The second kappa shape index (κ2) is 30.1. The highest BCUT2D eigenvalue weighted by molar-refractivity contribution is 5.65. The van der Waals surface area contributed by atoms with Crippen LogP contribution in [0.5, 0.6) is 5.75 Å². The maximum absolute atomic E-state index is 6.81. The molecule has 0 amide bonds. The van der Waals surface area contributed by atoms with Gasteiger partial charge in [0.25, 0.3) is 0 Å². The van der Waals surface area contributed by atoms with Crippen molar-refractivity contribution in [2.75, 3.05) is 13.2 Å². The number of hydrogen-bond donors (Lipinski definition) is 1. The van der Waals surface area contributed by atoms with Crippen molar-refractivity contribution < 1.29 is 32.1 Å². The molecule has 0 radical (unpaired) electrons. The Morgan fingerprint density at radius 1 is 0.609 bits per heavy atom. The minimum absolute atomic E-state index is 0. The summed E-state index contributed by atoms with van der Waals surface area (Å²) in [6, 6.07) is 0. The molecule has 0 aromatic heterocycles. The SMILES string of the molecule is CCCCCCCCCCCCc1c2c(C)c(C)c(c1OCCCCCCCC)CCCCCCCCCCCCO[NH2+]N=N2.[Br-]. The van der Waals surface area contributed by atoms with Crippen LogP contribution in [0.1, 0.15) is 203 Å². The molecule has 6 heteroatoms. The van der Waals surface area contributed by atoms with Crippen molar-refractivity contribution in [3.63, 3.8) is 0 Å². The highest BCUT2D eigenvalue weighted by Gasteiger charge is 2.21. The molecule has 0 fully saturated rings. The van der Waals surface area contributed by atoms with Gasteiger partial charge in [-0.1, -0.05) is 166 Å². The molecule has 5 nitrogen and oxygen atoms in total. The quantitative estimate of drug-likeness (QED) is 0.115. The van der Waals surface area contributed by atoms with Crippen molar-refractivity contribution in [3.05, 3.63) is 22.3 Å². The number of benzene rings is 1. The number of rotatable bonds is 19. The Bertz CT molecular complexity index is 892. The average Bonchev–Trinajstić information content (AvgIpc) is 3.04. The van der Waals surface area contributed by atoms with E-state index in [4.69, 9.17) is 14.7 Å². The summed E-state index contributed by atoms with van der Waals surface area (Å²) in [7, 11) is 0. The lowest BCUT2D eigenvalue weighted by molar-refractivity contribution is -0.906. The van der Waals surface area contributed by atoms with Gasteiger partial charge in [0.2, 0.25) is 0 Å². The highest BCUT2D eigenvalue weighted by Crippen LogP contribution is 2.41. The number of unbranched alkanes of at least 4 members (excludes halogenated alkanes) is 14. The van der Waals surface area contributed by atoms with Crippen molar-refractivity contribution in [1.29, 1.82) is 0 Å². The lowest BCUT2D eigenvalue weighted by Gasteiger charge is -2.22. The molecule has 268 valence electrons. The van der Waals surface area contributed by atoms with Gasteiger partial charge >= 0.3 is 0 Å². The minimum atomic E-state index is 0. The lowest BCUT2D eigenvalue weighted by atomic mass is 9.90. The fourth-order valence-electron chi connectivity index (χ4n) is 6.85. The molecule has 46 heavy (non-hydrogen) atoms. The zero-order chi connectivity index (χ0) is 32.2. The van der Waals surface area contributed by atoms with Crippen LogP contribution >= 0.6 is 0 Å². The van der Waals surface area contributed by atoms with Crippen molar-refractivity contribution in [1.82, 2.24) is 0 Å². The average molecular weight is 709 g/mol. The molecule has 1 aromatic carbocycles. The molecule has 1 aromatic rings. The van der Waals surface area contributed by atoms with E-state index in [0.717, 1.165) is 50.3 Å². The van der Waals surface area contributed by atoms with Gasteiger partial charge in [-0.3, -0.25) is 0 Å². The van der Waals surface area contributed by atoms with Gasteiger partial charge in [-0.05, 0) is 69.1 Å². The summed E-state index contributed by atoms with van der Waals surface area (Å²) < 4.78 is 6.81. The number of fused-ring (bicyclic) bond motifs is 16. The summed E-state index contributed by atoms with van der Waals surface area (Å²) in [6.07, 6.45) is 36.4. The van der Waals surface area contributed by atoms with Crippen LogP contribution in [0.4, 0.5) is 5.69 Å². The highest BCUT2D eigenvalue weighted by atomic mass is 79.9. The van der Waals surface area contributed by atoms with E-state index in [1.165, 1.54) is 176 Å². The molecule has 0 unspecified atom stereocenters. The Morgan fingerprint density at radius 2 is 1.11 bits per heavy atom. The van der Waals surface area contributed by atoms with Gasteiger partial charge in [-0.2, -0.15) is 4.84 Å². The molecule has 0 saturated carbocycles. The monoisotopic (exact) mass is 707 g/mol. The molecule has 2 heterocycles. The summed E-state index contributed by atoms with van der Waals surface area (Å²) in [6.45, 7) is 10.7. The third-order valence-corrected chi connectivity index (χ3v) is 9.95. The summed E-state index contributed by atoms with van der Waals surface area (Å²) in [4.78, 5) is 5.76. The molecule has 2 aliphatic rings. The van der Waals surface area contributed by atoms with E-state index in [1.807, 2.05) is 0 Å². The molecule has 2 aliphatic heterocycles. The summed E-state index contributed by atoms with van der Waals surface area (Å²) >= 11 is 0. The molecule has 0 atom stereocenters. The van der Waals surface area contributed by atoms with E-state index in [2.05, 4.69) is 32.9 Å². The van der Waals surface area contributed by atoms with Crippen LogP contribution in [0.15, 0.2) is 10.3 Å². The van der Waals surface area contributed by atoms with Crippen LogP contribution in [0, 0.1) is 13.8 Å². The number of halogens is 1. The largest absolute Gasteiger partial charge is 1.00 e. The number of hydrogen-bond acceptors (Lipinski definition) is 4. The van der Waals surface area contributed by atoms with Gasteiger partial charge in [0.05, 0.1) is 11.8 Å². The molecule has 3 rings (SSSR count). The van der Waals surface area contributed by atoms with E-state index >= 15 is 0 Å². The first-order valence-corrected chi connectivity index (χ1v) is 19.8. The van der Waals surface area contributed by atoms with Crippen LogP contribution in [0.2, 0.25) is 0 Å². The smallest absolute Gasteiger partial charge is 0.128 e. The molecule has 0 aliphatic carbocycles. The Morgan fingerprint density at radius 3 is 1.70 bits per heavy atom. The summed E-state index contributed by atoms with van der Waals surface area (Å²) in [5, 5.41) is 9.28. The van der Waals surface area contributed by atoms with Crippen LogP contribution in [-0.4, -0.2) is 13.2 Å². The maximum atomic E-state index is 6.81. The molecule has 0 saturated heterocycles. The van der Waals surface area contributed by atoms with E-state index in [1.54, 1.807) is 5.59 Å². The normalized spacial score (nSPS) is 15.5. The van der Waals surface area contributed by atoms with Crippen molar-refractivity contribution in [2.24, 2.45) is 10.3 Å². The molecular formula is C40H74BrN3O2. The second-order valence-electron chi connectivity index (χ2n) is 13.9. The Labute approximate surface area is 295 Å². The number of nitrogens with two attached hydrogens (primary N) is 1. The first-order chi connectivity index (χ1) is 22.2. The van der Waals surface area contributed by atoms with Crippen molar-refractivity contribution >= 4 is 5.69 Å². The maximum Gasteiger partial charge on any atom is 0.128 e. The number of ether oxygens (including phenoxy) is 1. The van der Waals surface area contributed by atoms with Crippen LogP contribution in [0.3, 0.4) is 0 Å². The Balaban J connectivity index is 0.0000106. The Kier molecular flexibility index (Phi) is 28.2. The van der Waals surface area contributed by atoms with Gasteiger partial charge in [0.1, 0.15) is 18.0 Å². The second-order valence-corrected chi connectivity index (χ2v) is 13.9. The van der Waals surface area contributed by atoms with Gasteiger partial charge < -0.3 is 21.7 Å². The van der Waals surface area contributed by atoms with E-state index in [9.17, 15) is 0 Å². The zero-order valence-corrected chi connectivity index (χ0v) is 32.5. The fourth-order valence-corrected chi connectivity index (χ4v) is 6.85. The number of nitrogens with zero attached hydrogens (tertiary/aromatic N) is 2. The predicted molar refractivity (Wildman–Crippen MR) is 193 cm³/mol. The molecule has 2 bridgehead atoms. The summed E-state index contributed by atoms with van der Waals surface area (Å²) in [5.41, 5.74) is 7.95. The topological polar surface area (TPSA) is 59.8 Å². The van der Waals surface area contributed by atoms with Gasteiger partial charge in [0.15, 0.2) is 0 Å². The van der Waals surface area contributed by atoms with E-state index in [0.29, 0.717) is 0 Å². The van der Waals surface area contributed by atoms with Crippen LogP contribution in [-0.2, 0) is 17.7 Å². The zero-order valence-electron chi connectivity index (χ0n) is 30.9. The predicted octanol–water partition coefficient (Wildman–Crippen LogP) is 9.46. The fraction of sp³-hybridized carbons (Fsp3) is 0.850. The van der Waals surface area contributed by atoms with Gasteiger partial charge in [-0.25, -0.2) is 0 Å². The van der Waals surface area contributed by atoms with E-state index in [-0.39, 0.29) is 17.0 Å². The Hall–Kier alpha value is -0.980. The van der Waals surface area contributed by atoms with Crippen LogP contribution in [0.25, 0.3) is 0 Å². The van der Waals surface area contributed by atoms with Gasteiger partial charge in [0, 0.05) is 5.56 Å². The molecule has 0 spiro atoms. The first kappa shape index (κ1) is 43.0. The van der Waals surface area contributed by atoms with E-state index < -0.39 is 0 Å². The van der Waals surface area contributed by atoms with Gasteiger partial charge in [-0.15, -0.1) is 0 Å². The molecular weight excluding hydrogens is 634 g/mol. The first-order valence-electron chi connectivity index (χ1n) is 19.8. The molecule has 2 N–H and O–H groups in total. The summed E-state index contributed by atoms with van der Waals surface area (Å²) in [5.74, 6) is 1.15. The standard InChI is InChI=1S/C40H73N3O2.BrH/c1-5-7-9-11-13-14-17-21-24-28-32-38-39-36(4)35(3)37(40(38)44-33-29-25-12-10-8-6-2)31-27-23-20-18-15-16-19-22-26-30-34-45-43-42-41-39;/h5-34H2,1-4H3,(H,41,43);1H. The third kappa shape index (κ3) is 19.1. The minimum Gasteiger partial charge on any atom is -1.00 e. The third-order valence-electron chi connectivity index (χ3n) is 9.95.